The number of ether oxygens (including phenoxy) is 1. The maximum Gasteiger partial charge on any atom is 0.120 e. The summed E-state index contributed by atoms with van der Waals surface area (Å²) in [5.41, 5.74) is 0. The molecule has 0 saturated heterocycles. The molecule has 0 aliphatic heterocycles. The molecule has 4 unspecified atom stereocenters. The van der Waals surface area contributed by atoms with Gasteiger partial charge in [0, 0.05) is 6.54 Å². The molecule has 0 spiro atoms. The van der Waals surface area contributed by atoms with Gasteiger partial charge in [0.2, 0.25) is 0 Å². The predicted octanol–water partition coefficient (Wildman–Crippen LogP) is 3.77. The van der Waals surface area contributed by atoms with Gasteiger partial charge in [0.1, 0.15) is 5.76 Å². The lowest BCUT2D eigenvalue weighted by Gasteiger charge is -2.32. The first kappa shape index (κ1) is 14.6. The summed E-state index contributed by atoms with van der Waals surface area (Å²) in [6.07, 6.45) is 5.93. The van der Waals surface area contributed by atoms with Crippen LogP contribution in [0.2, 0.25) is 0 Å². The van der Waals surface area contributed by atoms with Crippen molar-refractivity contribution < 1.29 is 9.15 Å². The predicted molar refractivity (Wildman–Crippen MR) is 77.0 cm³/mol. The second-order valence-corrected chi connectivity index (χ2v) is 5.95. The summed E-state index contributed by atoms with van der Waals surface area (Å²) >= 11 is 0. The van der Waals surface area contributed by atoms with E-state index in [9.17, 15) is 0 Å². The molecule has 1 N–H and O–H groups in total. The Balaban J connectivity index is 1.59. The molecule has 108 valence electrons. The van der Waals surface area contributed by atoms with E-state index in [1.807, 2.05) is 12.1 Å². The van der Waals surface area contributed by atoms with E-state index in [1.165, 1.54) is 19.3 Å². The fourth-order valence-corrected chi connectivity index (χ4v) is 2.79. The molecule has 3 heteroatoms. The van der Waals surface area contributed by atoms with Crippen LogP contribution in [-0.2, 0) is 4.74 Å². The molecule has 1 aromatic heterocycles. The summed E-state index contributed by atoms with van der Waals surface area (Å²) in [6.45, 7) is 8.48. The Morgan fingerprint density at radius 2 is 2.21 bits per heavy atom. The van der Waals surface area contributed by atoms with E-state index in [1.54, 1.807) is 6.26 Å². The van der Waals surface area contributed by atoms with E-state index in [-0.39, 0.29) is 6.04 Å². The molecule has 3 nitrogen and oxygen atoms in total. The van der Waals surface area contributed by atoms with E-state index in [2.05, 4.69) is 26.1 Å². The van der Waals surface area contributed by atoms with Crippen molar-refractivity contribution in [2.24, 2.45) is 11.8 Å². The van der Waals surface area contributed by atoms with Crippen LogP contribution >= 0.6 is 0 Å². The Hall–Kier alpha value is -0.800. The monoisotopic (exact) mass is 265 g/mol. The third-order valence-corrected chi connectivity index (χ3v) is 4.43. The van der Waals surface area contributed by atoms with Crippen LogP contribution in [0.1, 0.15) is 51.8 Å². The van der Waals surface area contributed by atoms with Crippen LogP contribution in [0.5, 0.6) is 0 Å². The molecular weight excluding hydrogens is 238 g/mol. The zero-order valence-corrected chi connectivity index (χ0v) is 12.4. The SMILES string of the molecule is CC(NCCOC1CCC(C)C(C)C1)c1ccco1. The molecule has 1 heterocycles. The minimum Gasteiger partial charge on any atom is -0.468 e. The summed E-state index contributed by atoms with van der Waals surface area (Å²) in [6, 6.07) is 4.18. The van der Waals surface area contributed by atoms with Crippen molar-refractivity contribution in [3.05, 3.63) is 24.2 Å². The lowest BCUT2D eigenvalue weighted by atomic mass is 9.80. The quantitative estimate of drug-likeness (QED) is 0.795. The first-order chi connectivity index (χ1) is 9.16. The number of hydrogen-bond acceptors (Lipinski definition) is 3. The van der Waals surface area contributed by atoms with Crippen molar-refractivity contribution in [2.45, 2.75) is 52.2 Å². The highest BCUT2D eigenvalue weighted by atomic mass is 16.5. The maximum absolute atomic E-state index is 5.98. The number of furan rings is 1. The molecule has 0 radical (unpaired) electrons. The van der Waals surface area contributed by atoms with Crippen LogP contribution in [0, 0.1) is 11.8 Å². The normalized spacial score (nSPS) is 29.3. The van der Waals surface area contributed by atoms with Crippen LogP contribution < -0.4 is 5.32 Å². The van der Waals surface area contributed by atoms with Gasteiger partial charge < -0.3 is 14.5 Å². The molecule has 1 aliphatic rings. The van der Waals surface area contributed by atoms with E-state index in [0.29, 0.717) is 6.10 Å². The van der Waals surface area contributed by atoms with Gasteiger partial charge in [-0.1, -0.05) is 13.8 Å². The van der Waals surface area contributed by atoms with Crippen molar-refractivity contribution >= 4 is 0 Å². The molecule has 1 fully saturated rings. The molecule has 1 aliphatic carbocycles. The average Bonchev–Trinajstić information content (AvgIpc) is 2.92. The summed E-state index contributed by atoms with van der Waals surface area (Å²) < 4.78 is 11.3. The number of nitrogens with one attached hydrogen (secondary N) is 1. The third-order valence-electron chi connectivity index (χ3n) is 4.43. The summed E-state index contributed by atoms with van der Waals surface area (Å²) in [5, 5.41) is 3.43. The molecule has 2 rings (SSSR count). The summed E-state index contributed by atoms with van der Waals surface area (Å²) in [5.74, 6) is 2.64. The average molecular weight is 265 g/mol. The van der Waals surface area contributed by atoms with Crippen LogP contribution in [0.3, 0.4) is 0 Å². The second kappa shape index (κ2) is 7.11. The highest BCUT2D eigenvalue weighted by Crippen LogP contribution is 2.30. The third kappa shape index (κ3) is 4.36. The second-order valence-electron chi connectivity index (χ2n) is 5.95. The first-order valence-corrected chi connectivity index (χ1v) is 7.55. The van der Waals surface area contributed by atoms with Gasteiger partial charge in [-0.2, -0.15) is 0 Å². The van der Waals surface area contributed by atoms with Gasteiger partial charge in [-0.15, -0.1) is 0 Å². The van der Waals surface area contributed by atoms with Crippen molar-refractivity contribution in [1.82, 2.24) is 5.32 Å². The van der Waals surface area contributed by atoms with Crippen LogP contribution in [0.25, 0.3) is 0 Å². The Kier molecular flexibility index (Phi) is 5.46. The largest absolute Gasteiger partial charge is 0.468 e. The molecule has 1 aromatic rings. The fourth-order valence-electron chi connectivity index (χ4n) is 2.79. The molecule has 0 aromatic carbocycles. The van der Waals surface area contributed by atoms with Crippen molar-refractivity contribution in [2.75, 3.05) is 13.2 Å². The summed E-state index contributed by atoms with van der Waals surface area (Å²) in [7, 11) is 0. The Morgan fingerprint density at radius 1 is 1.37 bits per heavy atom. The smallest absolute Gasteiger partial charge is 0.120 e. The minimum absolute atomic E-state index is 0.254. The first-order valence-electron chi connectivity index (χ1n) is 7.55. The van der Waals surface area contributed by atoms with Crippen LogP contribution in [0.4, 0.5) is 0 Å². The maximum atomic E-state index is 5.98. The number of rotatable bonds is 6. The van der Waals surface area contributed by atoms with E-state index in [0.717, 1.165) is 30.7 Å². The highest BCUT2D eigenvalue weighted by molar-refractivity contribution is 5.02. The van der Waals surface area contributed by atoms with Crippen molar-refractivity contribution in [3.63, 3.8) is 0 Å². The molecule has 0 amide bonds. The number of hydrogen-bond donors (Lipinski definition) is 1. The lowest BCUT2D eigenvalue weighted by Crippen LogP contribution is -2.30. The van der Waals surface area contributed by atoms with Gasteiger partial charge in [0.25, 0.3) is 0 Å². The lowest BCUT2D eigenvalue weighted by molar-refractivity contribution is 0.00359. The Bertz CT molecular complexity index is 350. The zero-order valence-electron chi connectivity index (χ0n) is 12.4. The van der Waals surface area contributed by atoms with Gasteiger partial charge in [0.05, 0.1) is 25.0 Å². The topological polar surface area (TPSA) is 34.4 Å². The van der Waals surface area contributed by atoms with Gasteiger partial charge in [-0.3, -0.25) is 0 Å². The Morgan fingerprint density at radius 3 is 2.89 bits per heavy atom. The van der Waals surface area contributed by atoms with Crippen molar-refractivity contribution in [3.8, 4) is 0 Å². The van der Waals surface area contributed by atoms with Crippen LogP contribution in [0.15, 0.2) is 22.8 Å². The highest BCUT2D eigenvalue weighted by Gasteiger charge is 2.24. The van der Waals surface area contributed by atoms with E-state index >= 15 is 0 Å². The zero-order chi connectivity index (χ0) is 13.7. The molecule has 1 saturated carbocycles. The fraction of sp³-hybridized carbons (Fsp3) is 0.750. The molecule has 19 heavy (non-hydrogen) atoms. The van der Waals surface area contributed by atoms with Gasteiger partial charge in [-0.05, 0) is 50.2 Å². The summed E-state index contributed by atoms with van der Waals surface area (Å²) in [4.78, 5) is 0. The van der Waals surface area contributed by atoms with E-state index in [4.69, 9.17) is 9.15 Å². The molecular formula is C16H27NO2. The van der Waals surface area contributed by atoms with Crippen LogP contribution in [-0.4, -0.2) is 19.3 Å². The van der Waals surface area contributed by atoms with Gasteiger partial charge in [-0.25, -0.2) is 0 Å². The van der Waals surface area contributed by atoms with Gasteiger partial charge >= 0.3 is 0 Å². The molecule has 4 atom stereocenters. The minimum atomic E-state index is 0.254. The Labute approximate surface area is 116 Å². The van der Waals surface area contributed by atoms with Gasteiger partial charge in [0.15, 0.2) is 0 Å². The van der Waals surface area contributed by atoms with Crippen molar-refractivity contribution in [1.29, 1.82) is 0 Å². The molecule has 0 bridgehead atoms. The standard InChI is InChI=1S/C16H27NO2/c1-12-6-7-15(11-13(12)2)18-10-8-17-14(3)16-5-4-9-19-16/h4-5,9,12-15,17H,6-8,10-11H2,1-3H3. The van der Waals surface area contributed by atoms with E-state index < -0.39 is 0 Å².